The second kappa shape index (κ2) is 22.5. The Morgan fingerprint density at radius 1 is 0.872 bits per heavy atom. The molecular weight excluding hydrogens is 606 g/mol. The zero-order valence-electron chi connectivity index (χ0n) is 28.0. The number of aliphatic hydroxyl groups is 1. The Morgan fingerprint density at radius 3 is 2.00 bits per heavy atom. The number of ketones is 1. The largest absolute Gasteiger partial charge is 0.490 e. The first-order valence-corrected chi connectivity index (χ1v) is 16.5. The van der Waals surface area contributed by atoms with Crippen LogP contribution in [-0.4, -0.2) is 68.3 Å². The lowest BCUT2D eigenvalue weighted by atomic mass is 9.82. The van der Waals surface area contributed by atoms with Gasteiger partial charge >= 0.3 is 17.9 Å². The van der Waals surface area contributed by atoms with E-state index >= 15 is 0 Å². The van der Waals surface area contributed by atoms with E-state index < -0.39 is 47.8 Å². The van der Waals surface area contributed by atoms with Crippen LogP contribution in [-0.2, 0) is 30.4 Å². The lowest BCUT2D eigenvalue weighted by molar-refractivity contribution is -0.172. The van der Waals surface area contributed by atoms with Crippen molar-refractivity contribution in [3.63, 3.8) is 0 Å². The second-order valence-electron chi connectivity index (χ2n) is 12.2. The molecule has 0 saturated heterocycles. The third kappa shape index (κ3) is 16.9. The Hall–Kier alpha value is -3.99. The number of rotatable bonds is 26. The minimum atomic E-state index is -3.02. The Bertz CT molecular complexity index is 1200. The first-order chi connectivity index (χ1) is 22.3. The van der Waals surface area contributed by atoms with Gasteiger partial charge < -0.3 is 30.5 Å². The molecular formula is C36H53NO10. The molecule has 0 fully saturated rings. The van der Waals surface area contributed by atoms with Crippen LogP contribution in [0.25, 0.3) is 0 Å². The van der Waals surface area contributed by atoms with Gasteiger partial charge in [0.05, 0.1) is 12.3 Å². The first kappa shape index (κ1) is 41.0. The van der Waals surface area contributed by atoms with E-state index in [0.717, 1.165) is 56.6 Å². The van der Waals surface area contributed by atoms with E-state index in [1.54, 1.807) is 24.3 Å². The normalized spacial score (nSPS) is 13.7. The van der Waals surface area contributed by atoms with Crippen LogP contribution in [0.2, 0.25) is 0 Å². The van der Waals surface area contributed by atoms with Gasteiger partial charge in [0.1, 0.15) is 24.2 Å². The van der Waals surface area contributed by atoms with Crippen molar-refractivity contribution in [2.24, 2.45) is 5.92 Å². The van der Waals surface area contributed by atoms with Crippen molar-refractivity contribution in [2.75, 3.05) is 6.61 Å². The summed E-state index contributed by atoms with van der Waals surface area (Å²) < 4.78 is 5.60. The van der Waals surface area contributed by atoms with Gasteiger partial charge in [0.15, 0.2) is 5.60 Å². The van der Waals surface area contributed by atoms with Gasteiger partial charge in [-0.15, -0.1) is 0 Å². The highest BCUT2D eigenvalue weighted by Gasteiger charge is 2.49. The molecule has 0 aromatic heterocycles. The summed E-state index contributed by atoms with van der Waals surface area (Å²) in [6, 6.07) is 5.10. The quantitative estimate of drug-likeness (QED) is 0.0594. The van der Waals surface area contributed by atoms with Crippen LogP contribution >= 0.6 is 0 Å². The molecule has 1 aromatic rings. The van der Waals surface area contributed by atoms with Crippen LogP contribution in [0.15, 0.2) is 48.1 Å². The molecule has 0 bridgehead atoms. The zero-order chi connectivity index (χ0) is 35.2. The standard InChI is InChI=1S/C36H53NO10/c1-4-5-6-9-12-15-28(38)16-13-10-7-8-11-14-17-30(36(46,35(44)45)25-32(39)40)33(41)37-31(34(42)43)24-27-18-20-29(21-19-27)47-23-22-26(2)3/h14,17-22,30-31,46H,4-13,15-16,23-25H2,1-3H3,(H,37,41)(H,39,40)(H,42,43)(H,44,45). The van der Waals surface area contributed by atoms with Crippen LogP contribution in [0, 0.1) is 5.92 Å². The van der Waals surface area contributed by atoms with Gasteiger partial charge in [-0.1, -0.05) is 75.3 Å². The molecule has 0 aliphatic heterocycles. The van der Waals surface area contributed by atoms with Crippen molar-refractivity contribution in [1.82, 2.24) is 5.32 Å². The van der Waals surface area contributed by atoms with Crippen LogP contribution in [0.3, 0.4) is 0 Å². The molecule has 1 aromatic carbocycles. The van der Waals surface area contributed by atoms with Gasteiger partial charge in [-0.2, -0.15) is 0 Å². The van der Waals surface area contributed by atoms with Crippen molar-refractivity contribution in [3.05, 3.63) is 53.6 Å². The van der Waals surface area contributed by atoms with E-state index in [4.69, 9.17) is 4.74 Å². The fourth-order valence-corrected chi connectivity index (χ4v) is 4.96. The van der Waals surface area contributed by atoms with E-state index in [2.05, 4.69) is 12.2 Å². The number of carboxylic acids is 3. The highest BCUT2D eigenvalue weighted by Crippen LogP contribution is 2.26. The van der Waals surface area contributed by atoms with Gasteiger partial charge in [0, 0.05) is 19.3 Å². The van der Waals surface area contributed by atoms with E-state index in [1.807, 2.05) is 19.9 Å². The predicted molar refractivity (Wildman–Crippen MR) is 178 cm³/mol. The van der Waals surface area contributed by atoms with Gasteiger partial charge in [-0.3, -0.25) is 14.4 Å². The fraction of sp³-hybridized carbons (Fsp3) is 0.583. The Kier molecular flexibility index (Phi) is 19.7. The zero-order valence-corrected chi connectivity index (χ0v) is 28.0. The molecule has 0 heterocycles. The van der Waals surface area contributed by atoms with Crippen molar-refractivity contribution < 1.29 is 49.1 Å². The van der Waals surface area contributed by atoms with E-state index in [1.165, 1.54) is 12.5 Å². The summed E-state index contributed by atoms with van der Waals surface area (Å²) in [5.74, 6) is -7.13. The number of carboxylic acid groups (broad SMARTS) is 3. The highest BCUT2D eigenvalue weighted by atomic mass is 16.5. The SMILES string of the molecule is CCCCCCCC(=O)CCCCCCC=CC(C(=O)NC(Cc1ccc(OCC=C(C)C)cc1)C(=O)O)C(O)(CC(=O)O)C(=O)O. The topological polar surface area (TPSA) is 188 Å². The molecule has 47 heavy (non-hydrogen) atoms. The fourth-order valence-electron chi connectivity index (χ4n) is 4.96. The average Bonchev–Trinajstić information content (AvgIpc) is 2.99. The van der Waals surface area contributed by atoms with Crippen molar-refractivity contribution in [3.8, 4) is 5.75 Å². The van der Waals surface area contributed by atoms with Crippen LogP contribution in [0.4, 0.5) is 0 Å². The maximum Gasteiger partial charge on any atom is 0.337 e. The number of amides is 1. The number of nitrogens with one attached hydrogen (secondary N) is 1. The number of ether oxygens (including phenoxy) is 1. The number of Topliss-reactive ketones (excluding diaryl/α,β-unsaturated/α-hetero) is 1. The molecule has 0 aliphatic rings. The molecule has 11 nitrogen and oxygen atoms in total. The Morgan fingerprint density at radius 2 is 1.47 bits per heavy atom. The molecule has 1 amide bonds. The Labute approximate surface area is 278 Å². The molecule has 262 valence electrons. The molecule has 0 aliphatic carbocycles. The minimum absolute atomic E-state index is 0.155. The smallest absolute Gasteiger partial charge is 0.337 e. The maximum atomic E-state index is 13.3. The van der Waals surface area contributed by atoms with E-state index in [9.17, 15) is 44.4 Å². The number of carbonyl (C=O) groups excluding carboxylic acids is 2. The summed E-state index contributed by atoms with van der Waals surface area (Å²) in [6.07, 6.45) is 13.2. The summed E-state index contributed by atoms with van der Waals surface area (Å²) in [6.45, 7) is 6.40. The number of unbranched alkanes of at least 4 members (excludes halogenated alkanes) is 8. The van der Waals surface area contributed by atoms with Crippen molar-refractivity contribution in [1.29, 1.82) is 0 Å². The van der Waals surface area contributed by atoms with Crippen LogP contribution in [0.5, 0.6) is 5.75 Å². The molecule has 1 rings (SSSR count). The number of hydrogen-bond donors (Lipinski definition) is 5. The predicted octanol–water partition coefficient (Wildman–Crippen LogP) is 5.88. The highest BCUT2D eigenvalue weighted by molar-refractivity contribution is 5.94. The van der Waals surface area contributed by atoms with Crippen LogP contribution < -0.4 is 10.1 Å². The van der Waals surface area contributed by atoms with Gasteiger partial charge in [0.2, 0.25) is 5.91 Å². The van der Waals surface area contributed by atoms with Crippen molar-refractivity contribution in [2.45, 2.75) is 122 Å². The number of aliphatic carboxylic acids is 3. The second-order valence-corrected chi connectivity index (χ2v) is 12.2. The van der Waals surface area contributed by atoms with Crippen LogP contribution in [0.1, 0.15) is 110 Å². The minimum Gasteiger partial charge on any atom is -0.490 e. The van der Waals surface area contributed by atoms with Crippen molar-refractivity contribution >= 4 is 29.6 Å². The molecule has 3 unspecified atom stereocenters. The molecule has 0 spiro atoms. The summed E-state index contributed by atoms with van der Waals surface area (Å²) >= 11 is 0. The van der Waals surface area contributed by atoms with E-state index in [0.29, 0.717) is 43.6 Å². The molecule has 11 heteroatoms. The van der Waals surface area contributed by atoms with Gasteiger partial charge in [-0.05, 0) is 63.3 Å². The molecule has 5 N–H and O–H groups in total. The molecule has 0 saturated carbocycles. The molecule has 0 radical (unpaired) electrons. The Balaban J connectivity index is 2.84. The lowest BCUT2D eigenvalue weighted by Gasteiger charge is -2.29. The van der Waals surface area contributed by atoms with E-state index in [-0.39, 0.29) is 12.2 Å². The summed E-state index contributed by atoms with van der Waals surface area (Å²) in [5, 5.41) is 42.1. The third-order valence-electron chi connectivity index (χ3n) is 7.77. The summed E-state index contributed by atoms with van der Waals surface area (Å²) in [5.41, 5.74) is -1.38. The van der Waals surface area contributed by atoms with Gasteiger partial charge in [-0.25, -0.2) is 9.59 Å². The van der Waals surface area contributed by atoms with Gasteiger partial charge in [0.25, 0.3) is 0 Å². The molecule has 3 atom stereocenters. The monoisotopic (exact) mass is 659 g/mol. The number of hydrogen-bond acceptors (Lipinski definition) is 7. The number of carbonyl (C=O) groups is 5. The lowest BCUT2D eigenvalue weighted by Crippen LogP contribution is -2.55. The number of allylic oxidation sites excluding steroid dienone is 2. The summed E-state index contributed by atoms with van der Waals surface area (Å²) in [4.78, 5) is 60.9. The maximum absolute atomic E-state index is 13.3. The average molecular weight is 660 g/mol. The number of benzene rings is 1. The first-order valence-electron chi connectivity index (χ1n) is 16.5. The summed E-state index contributed by atoms with van der Waals surface area (Å²) in [7, 11) is 0. The third-order valence-corrected chi connectivity index (χ3v) is 7.77.